The Balaban J connectivity index is 1.69. The summed E-state index contributed by atoms with van der Waals surface area (Å²) in [5.41, 5.74) is 2.04. The summed E-state index contributed by atoms with van der Waals surface area (Å²) < 4.78 is 28.6. The van der Waals surface area contributed by atoms with Crippen molar-refractivity contribution in [2.45, 2.75) is 63.1 Å². The van der Waals surface area contributed by atoms with Crippen molar-refractivity contribution in [3.63, 3.8) is 0 Å². The van der Waals surface area contributed by atoms with Crippen LogP contribution in [0.1, 0.15) is 43.7 Å². The van der Waals surface area contributed by atoms with Gasteiger partial charge in [0.15, 0.2) is 0 Å². The molecule has 7 nitrogen and oxygen atoms in total. The fraction of sp³-hybridized carbons (Fsp3) is 0.333. The van der Waals surface area contributed by atoms with Crippen molar-refractivity contribution < 1.29 is 18.0 Å². The Morgan fingerprint density at radius 1 is 0.949 bits per heavy atom. The maximum atomic E-state index is 14.0. The fourth-order valence-corrected chi connectivity index (χ4v) is 6.57. The molecule has 206 valence electrons. The van der Waals surface area contributed by atoms with Crippen LogP contribution in [0.15, 0.2) is 83.8 Å². The van der Waals surface area contributed by atoms with E-state index in [0.29, 0.717) is 0 Å². The Morgan fingerprint density at radius 2 is 1.56 bits per heavy atom. The monoisotopic (exact) mass is 567 g/mol. The van der Waals surface area contributed by atoms with E-state index < -0.39 is 28.5 Å². The number of benzene rings is 3. The van der Waals surface area contributed by atoms with Crippen molar-refractivity contribution in [2.75, 3.05) is 10.8 Å². The van der Waals surface area contributed by atoms with Gasteiger partial charge in [0, 0.05) is 12.6 Å². The first-order valence-electron chi connectivity index (χ1n) is 13.1. The van der Waals surface area contributed by atoms with Gasteiger partial charge in [0.25, 0.3) is 10.0 Å². The average molecular weight is 568 g/mol. The smallest absolute Gasteiger partial charge is 0.264 e. The lowest BCUT2D eigenvalue weighted by molar-refractivity contribution is -0.139. The molecular weight excluding hydrogens is 534 g/mol. The lowest BCUT2D eigenvalue weighted by Gasteiger charge is -2.33. The molecule has 0 unspecified atom stereocenters. The van der Waals surface area contributed by atoms with E-state index in [4.69, 9.17) is 11.6 Å². The molecule has 0 radical (unpaired) electrons. The summed E-state index contributed by atoms with van der Waals surface area (Å²) in [6.45, 7) is 3.27. The van der Waals surface area contributed by atoms with Gasteiger partial charge in [0.1, 0.15) is 12.6 Å². The van der Waals surface area contributed by atoms with Gasteiger partial charge in [-0.15, -0.1) is 0 Å². The number of anilines is 1. The zero-order valence-corrected chi connectivity index (χ0v) is 23.8. The normalized spacial score (nSPS) is 14.5. The van der Waals surface area contributed by atoms with Gasteiger partial charge in [-0.05, 0) is 62.1 Å². The van der Waals surface area contributed by atoms with E-state index in [2.05, 4.69) is 5.32 Å². The van der Waals surface area contributed by atoms with E-state index in [9.17, 15) is 18.0 Å². The highest BCUT2D eigenvalue weighted by molar-refractivity contribution is 7.92. The van der Waals surface area contributed by atoms with E-state index in [1.165, 1.54) is 17.0 Å². The van der Waals surface area contributed by atoms with Crippen molar-refractivity contribution >= 4 is 39.1 Å². The lowest BCUT2D eigenvalue weighted by atomic mass is 10.1. The summed E-state index contributed by atoms with van der Waals surface area (Å²) in [7, 11) is -4.15. The standard InChI is InChI=1S/C30H34ClN3O4S/c1-22-12-6-7-13-24(22)20-33(23(2)30(36)32-25-14-8-9-15-25)29(35)21-34(28-19-11-10-18-27(28)31)39(37,38)26-16-4-3-5-17-26/h3-7,10-13,16-19,23,25H,8-9,14-15,20-21H2,1-2H3,(H,32,36)/t23-/m1/s1. The molecule has 0 heterocycles. The first-order valence-corrected chi connectivity index (χ1v) is 15.0. The molecule has 2 amide bonds. The molecule has 0 bridgehead atoms. The van der Waals surface area contributed by atoms with Gasteiger partial charge in [-0.1, -0.05) is 79.0 Å². The molecule has 0 aromatic heterocycles. The van der Waals surface area contributed by atoms with Gasteiger partial charge in [0.2, 0.25) is 11.8 Å². The van der Waals surface area contributed by atoms with Gasteiger partial charge >= 0.3 is 0 Å². The summed E-state index contributed by atoms with van der Waals surface area (Å²) in [6.07, 6.45) is 3.96. The summed E-state index contributed by atoms with van der Waals surface area (Å²) >= 11 is 6.44. The molecule has 3 aromatic rings. The Bertz CT molecular complexity index is 1410. The van der Waals surface area contributed by atoms with Gasteiger partial charge in [-0.2, -0.15) is 0 Å². The second kappa shape index (κ2) is 12.7. The highest BCUT2D eigenvalue weighted by Gasteiger charge is 2.34. The largest absolute Gasteiger partial charge is 0.352 e. The second-order valence-corrected chi connectivity index (χ2v) is 12.2. The molecule has 1 N–H and O–H groups in total. The van der Waals surface area contributed by atoms with Gasteiger partial charge < -0.3 is 10.2 Å². The first kappa shape index (κ1) is 28.6. The van der Waals surface area contributed by atoms with Crippen LogP contribution in [0.25, 0.3) is 0 Å². The third kappa shape index (κ3) is 6.81. The van der Waals surface area contributed by atoms with E-state index in [1.54, 1.807) is 49.4 Å². The molecule has 1 saturated carbocycles. The molecule has 1 atom stereocenters. The lowest BCUT2D eigenvalue weighted by Crippen LogP contribution is -2.52. The zero-order chi connectivity index (χ0) is 28.0. The third-order valence-electron chi connectivity index (χ3n) is 7.20. The molecule has 4 rings (SSSR count). The first-order chi connectivity index (χ1) is 18.7. The predicted molar refractivity (Wildman–Crippen MR) is 154 cm³/mol. The van der Waals surface area contributed by atoms with Crippen LogP contribution in [0.4, 0.5) is 5.69 Å². The topological polar surface area (TPSA) is 86.8 Å². The van der Waals surface area contributed by atoms with Crippen LogP contribution in [-0.2, 0) is 26.2 Å². The van der Waals surface area contributed by atoms with Crippen molar-refractivity contribution in [3.8, 4) is 0 Å². The number of nitrogens with zero attached hydrogens (tertiary/aromatic N) is 2. The summed E-state index contributed by atoms with van der Waals surface area (Å²) in [5.74, 6) is -0.759. The zero-order valence-electron chi connectivity index (χ0n) is 22.2. The third-order valence-corrected chi connectivity index (χ3v) is 9.30. The SMILES string of the molecule is Cc1ccccc1CN(C(=O)CN(c1ccccc1Cl)S(=O)(=O)c1ccccc1)[C@H](C)C(=O)NC1CCCC1. The molecule has 3 aromatic carbocycles. The van der Waals surface area contributed by atoms with E-state index in [0.717, 1.165) is 41.1 Å². The minimum atomic E-state index is -4.15. The number of carbonyl (C=O) groups excluding carboxylic acids is 2. The Labute approximate surface area is 235 Å². The number of para-hydroxylation sites is 1. The van der Waals surface area contributed by atoms with Crippen LogP contribution in [-0.4, -0.2) is 43.8 Å². The number of nitrogens with one attached hydrogen (secondary N) is 1. The number of amides is 2. The van der Waals surface area contributed by atoms with Crippen LogP contribution < -0.4 is 9.62 Å². The molecule has 1 fully saturated rings. The average Bonchev–Trinajstić information content (AvgIpc) is 3.45. The fourth-order valence-electron chi connectivity index (χ4n) is 4.83. The summed E-state index contributed by atoms with van der Waals surface area (Å²) in [5, 5.41) is 3.28. The van der Waals surface area contributed by atoms with Crippen molar-refractivity contribution in [1.29, 1.82) is 0 Å². The number of rotatable bonds is 10. The number of sulfonamides is 1. The number of hydrogen-bond donors (Lipinski definition) is 1. The maximum absolute atomic E-state index is 14.0. The highest BCUT2D eigenvalue weighted by atomic mass is 35.5. The number of carbonyl (C=O) groups is 2. The quantitative estimate of drug-likeness (QED) is 0.359. The molecule has 1 aliphatic rings. The van der Waals surface area contributed by atoms with Crippen LogP contribution in [0.3, 0.4) is 0 Å². The molecule has 9 heteroatoms. The number of halogens is 1. The molecule has 0 spiro atoms. The molecule has 1 aliphatic carbocycles. The van der Waals surface area contributed by atoms with Gasteiger partial charge in [-0.3, -0.25) is 13.9 Å². The van der Waals surface area contributed by atoms with Crippen molar-refractivity contribution in [3.05, 3.63) is 95.0 Å². The number of hydrogen-bond acceptors (Lipinski definition) is 4. The van der Waals surface area contributed by atoms with E-state index in [-0.39, 0.29) is 34.1 Å². The second-order valence-electron chi connectivity index (χ2n) is 9.89. The van der Waals surface area contributed by atoms with E-state index >= 15 is 0 Å². The van der Waals surface area contributed by atoms with Crippen LogP contribution in [0, 0.1) is 6.92 Å². The molecule has 0 aliphatic heterocycles. The summed E-state index contributed by atoms with van der Waals surface area (Å²) in [6, 6.07) is 21.4. The molecule has 39 heavy (non-hydrogen) atoms. The molecular formula is C30H34ClN3O4S. The van der Waals surface area contributed by atoms with Gasteiger partial charge in [-0.25, -0.2) is 8.42 Å². The van der Waals surface area contributed by atoms with Crippen molar-refractivity contribution in [2.24, 2.45) is 0 Å². The molecule has 0 saturated heterocycles. The van der Waals surface area contributed by atoms with Crippen LogP contribution >= 0.6 is 11.6 Å². The van der Waals surface area contributed by atoms with Gasteiger partial charge in [0.05, 0.1) is 15.6 Å². The van der Waals surface area contributed by atoms with Crippen LogP contribution in [0.2, 0.25) is 5.02 Å². The minimum Gasteiger partial charge on any atom is -0.352 e. The Kier molecular flexibility index (Phi) is 9.30. The maximum Gasteiger partial charge on any atom is 0.264 e. The van der Waals surface area contributed by atoms with E-state index in [1.807, 2.05) is 31.2 Å². The predicted octanol–water partition coefficient (Wildman–Crippen LogP) is 5.32. The number of aryl methyl sites for hydroxylation is 1. The van der Waals surface area contributed by atoms with Crippen molar-refractivity contribution in [1.82, 2.24) is 10.2 Å². The summed E-state index contributed by atoms with van der Waals surface area (Å²) in [4.78, 5) is 28.8. The Hall–Kier alpha value is -3.36. The highest BCUT2D eigenvalue weighted by Crippen LogP contribution is 2.31. The van der Waals surface area contributed by atoms with Crippen LogP contribution in [0.5, 0.6) is 0 Å². The minimum absolute atomic E-state index is 0.0372. The Morgan fingerprint density at radius 3 is 2.23 bits per heavy atom.